The van der Waals surface area contributed by atoms with Gasteiger partial charge in [-0.05, 0) is 47.5 Å². The van der Waals surface area contributed by atoms with Gasteiger partial charge < -0.3 is 9.64 Å². The number of rotatable bonds is 5. The van der Waals surface area contributed by atoms with Gasteiger partial charge in [0.05, 0.1) is 29.2 Å². The Kier molecular flexibility index (Phi) is 6.48. The zero-order valence-corrected chi connectivity index (χ0v) is 19.9. The minimum atomic E-state index is -0.279. The van der Waals surface area contributed by atoms with Gasteiger partial charge in [0.25, 0.3) is 0 Å². The van der Waals surface area contributed by atoms with Crippen molar-refractivity contribution in [2.75, 3.05) is 17.4 Å². The fourth-order valence-corrected chi connectivity index (χ4v) is 5.52. The summed E-state index contributed by atoms with van der Waals surface area (Å²) < 4.78 is 5.98. The Morgan fingerprint density at radius 3 is 2.62 bits per heavy atom. The molecule has 3 aromatic rings. The molecule has 0 N–H and O–H groups in total. The van der Waals surface area contributed by atoms with Crippen molar-refractivity contribution >= 4 is 35.0 Å². The van der Waals surface area contributed by atoms with Crippen molar-refractivity contribution in [1.29, 1.82) is 5.26 Å². The Morgan fingerprint density at radius 2 is 1.85 bits per heavy atom. The van der Waals surface area contributed by atoms with E-state index in [9.17, 15) is 10.1 Å². The highest BCUT2D eigenvalue weighted by Gasteiger charge is 2.38. The van der Waals surface area contributed by atoms with Crippen molar-refractivity contribution in [2.24, 2.45) is 0 Å². The molecule has 5 rings (SSSR count). The molecule has 2 aliphatic heterocycles. The number of allylic oxidation sites excluding steroid dienone is 1. The molecule has 1 fully saturated rings. The Bertz CT molecular complexity index is 1270. The van der Waals surface area contributed by atoms with Crippen LogP contribution < -0.4 is 9.64 Å². The normalized spacial score (nSPS) is 17.9. The molecule has 0 radical (unpaired) electrons. The summed E-state index contributed by atoms with van der Waals surface area (Å²) >= 11 is 7.54. The first kappa shape index (κ1) is 22.4. The third-order valence-corrected chi connectivity index (χ3v) is 7.40. The minimum Gasteiger partial charge on any atom is -0.489 e. The van der Waals surface area contributed by atoms with Crippen LogP contribution in [-0.2, 0) is 11.4 Å². The van der Waals surface area contributed by atoms with E-state index in [2.05, 4.69) is 11.0 Å². The molecular formula is C27H22ClN3O2S. The molecule has 0 aliphatic carbocycles. The van der Waals surface area contributed by atoms with Crippen LogP contribution in [0, 0.1) is 11.3 Å². The molecule has 7 heteroatoms. The number of hydrogen-bond acceptors (Lipinski definition) is 5. The number of ether oxygens (including phenoxy) is 1. The lowest BCUT2D eigenvalue weighted by molar-refractivity contribution is -0.129. The number of fused-ring (bicyclic) bond motifs is 1. The second-order valence-corrected chi connectivity index (χ2v) is 9.56. The molecule has 3 aromatic carbocycles. The van der Waals surface area contributed by atoms with Gasteiger partial charge >= 0.3 is 0 Å². The van der Waals surface area contributed by atoms with E-state index in [0.29, 0.717) is 29.7 Å². The smallest absolute Gasteiger partial charge is 0.229 e. The molecule has 0 saturated carbocycles. The average Bonchev–Trinajstić information content (AvgIpc) is 2.88. The van der Waals surface area contributed by atoms with Gasteiger partial charge in [-0.2, -0.15) is 5.26 Å². The van der Waals surface area contributed by atoms with Crippen LogP contribution in [-0.4, -0.2) is 23.4 Å². The Labute approximate surface area is 208 Å². The van der Waals surface area contributed by atoms with E-state index in [1.165, 1.54) is 11.8 Å². The molecule has 5 nitrogen and oxygen atoms in total. The molecule has 2 aliphatic rings. The SMILES string of the molecule is N#CC1=C2SCN(c3ccc(Cl)cc3)CN2C(=O)C[C@H]1c1cccc(OCc2ccccc2)c1. The van der Waals surface area contributed by atoms with Crippen LogP contribution in [0.3, 0.4) is 0 Å². The van der Waals surface area contributed by atoms with Crippen LogP contribution in [0.1, 0.15) is 23.5 Å². The number of carbonyl (C=O) groups is 1. The maximum atomic E-state index is 13.2. The van der Waals surface area contributed by atoms with E-state index >= 15 is 0 Å². The van der Waals surface area contributed by atoms with E-state index in [1.807, 2.05) is 78.9 Å². The largest absolute Gasteiger partial charge is 0.489 e. The molecule has 170 valence electrons. The number of nitriles is 1. The van der Waals surface area contributed by atoms with E-state index < -0.39 is 0 Å². The lowest BCUT2D eigenvalue weighted by Gasteiger charge is -2.42. The number of thioether (sulfide) groups is 1. The maximum absolute atomic E-state index is 13.2. The summed E-state index contributed by atoms with van der Waals surface area (Å²) in [5.74, 6) is 1.11. The number of carbonyl (C=O) groups excluding carboxylic acids is 1. The topological polar surface area (TPSA) is 56.6 Å². The molecule has 1 atom stereocenters. The van der Waals surface area contributed by atoms with Crippen molar-refractivity contribution < 1.29 is 9.53 Å². The number of hydrogen-bond donors (Lipinski definition) is 0. The van der Waals surface area contributed by atoms with Crippen LogP contribution >= 0.6 is 23.4 Å². The van der Waals surface area contributed by atoms with Gasteiger partial charge in [0.2, 0.25) is 5.91 Å². The third-order valence-electron chi connectivity index (χ3n) is 5.99. The fourth-order valence-electron chi connectivity index (χ4n) is 4.22. The molecule has 1 saturated heterocycles. The zero-order valence-electron chi connectivity index (χ0n) is 18.4. The standard InChI is InChI=1S/C27H22ClN3O2S/c28-21-9-11-22(12-10-21)30-17-31-26(32)14-24(25(15-29)27(31)34-18-30)20-7-4-8-23(13-20)33-16-19-5-2-1-3-6-19/h1-13,24H,14,16-18H2/t24-/m0/s1. The minimum absolute atomic E-state index is 0.0146. The Morgan fingerprint density at radius 1 is 1.06 bits per heavy atom. The van der Waals surface area contributed by atoms with Gasteiger partial charge in [-0.3, -0.25) is 9.69 Å². The van der Waals surface area contributed by atoms with E-state index in [4.69, 9.17) is 16.3 Å². The molecule has 2 heterocycles. The third kappa shape index (κ3) is 4.63. The van der Waals surface area contributed by atoms with Crippen LogP contribution in [0.2, 0.25) is 5.02 Å². The quantitative estimate of drug-likeness (QED) is 0.432. The summed E-state index contributed by atoms with van der Waals surface area (Å²) in [5, 5.41) is 11.5. The molecule has 0 unspecified atom stereocenters. The summed E-state index contributed by atoms with van der Waals surface area (Å²) in [5.41, 5.74) is 3.64. The number of benzene rings is 3. The average molecular weight is 488 g/mol. The number of amides is 1. The summed E-state index contributed by atoms with van der Waals surface area (Å²) in [4.78, 5) is 17.0. The summed E-state index contributed by atoms with van der Waals surface area (Å²) in [7, 11) is 0. The van der Waals surface area contributed by atoms with Gasteiger partial charge in [0.1, 0.15) is 12.4 Å². The highest BCUT2D eigenvalue weighted by atomic mass is 35.5. The number of anilines is 1. The fraction of sp³-hybridized carbons (Fsp3) is 0.185. The van der Waals surface area contributed by atoms with E-state index in [1.54, 1.807) is 4.90 Å². The first-order valence-electron chi connectivity index (χ1n) is 11.0. The van der Waals surface area contributed by atoms with Crippen molar-refractivity contribution in [3.8, 4) is 11.8 Å². The summed E-state index contributed by atoms with van der Waals surface area (Å²) in [6.07, 6.45) is 0.254. The maximum Gasteiger partial charge on any atom is 0.229 e. The predicted octanol–water partition coefficient (Wildman–Crippen LogP) is 6.14. The lowest BCUT2D eigenvalue weighted by atomic mass is 9.86. The van der Waals surface area contributed by atoms with Crippen LogP contribution in [0.15, 0.2) is 89.5 Å². The first-order chi connectivity index (χ1) is 16.6. The second-order valence-electron chi connectivity index (χ2n) is 8.19. The molecule has 0 bridgehead atoms. The Balaban J connectivity index is 1.37. The van der Waals surface area contributed by atoms with Gasteiger partial charge in [0, 0.05) is 23.0 Å². The zero-order chi connectivity index (χ0) is 23.5. The predicted molar refractivity (Wildman–Crippen MR) is 135 cm³/mol. The molecule has 0 aromatic heterocycles. The van der Waals surface area contributed by atoms with Crippen molar-refractivity contribution in [3.63, 3.8) is 0 Å². The van der Waals surface area contributed by atoms with Gasteiger partial charge in [0.15, 0.2) is 0 Å². The van der Waals surface area contributed by atoms with Crippen molar-refractivity contribution in [3.05, 3.63) is 106 Å². The molecule has 34 heavy (non-hydrogen) atoms. The van der Waals surface area contributed by atoms with E-state index in [-0.39, 0.29) is 18.2 Å². The highest BCUT2D eigenvalue weighted by molar-refractivity contribution is 8.03. The highest BCUT2D eigenvalue weighted by Crippen LogP contribution is 2.43. The van der Waals surface area contributed by atoms with Crippen molar-refractivity contribution in [1.82, 2.24) is 4.90 Å². The van der Waals surface area contributed by atoms with Gasteiger partial charge in [-0.15, -0.1) is 0 Å². The van der Waals surface area contributed by atoms with Crippen LogP contribution in [0.25, 0.3) is 0 Å². The van der Waals surface area contributed by atoms with E-state index in [0.717, 1.165) is 27.6 Å². The molecule has 0 spiro atoms. The lowest BCUT2D eigenvalue weighted by Crippen LogP contribution is -2.47. The second kappa shape index (κ2) is 9.84. The molecule has 1 amide bonds. The van der Waals surface area contributed by atoms with Crippen molar-refractivity contribution in [2.45, 2.75) is 18.9 Å². The van der Waals surface area contributed by atoms with Crippen LogP contribution in [0.4, 0.5) is 5.69 Å². The molecular weight excluding hydrogens is 466 g/mol. The van der Waals surface area contributed by atoms with Gasteiger partial charge in [-0.1, -0.05) is 65.8 Å². The van der Waals surface area contributed by atoms with Gasteiger partial charge in [-0.25, -0.2) is 0 Å². The number of nitrogens with zero attached hydrogens (tertiary/aromatic N) is 3. The Hall–Kier alpha value is -3.40. The number of halogens is 1. The first-order valence-corrected chi connectivity index (χ1v) is 12.3. The summed E-state index contributed by atoms with van der Waals surface area (Å²) in [6, 6.07) is 27.7. The monoisotopic (exact) mass is 487 g/mol. The summed E-state index contributed by atoms with van der Waals surface area (Å²) in [6.45, 7) is 0.880. The van der Waals surface area contributed by atoms with Crippen LogP contribution in [0.5, 0.6) is 5.75 Å².